The quantitative estimate of drug-likeness (QED) is 0.381. The van der Waals surface area contributed by atoms with Crippen molar-refractivity contribution in [2.45, 2.75) is 89.6 Å². The van der Waals surface area contributed by atoms with Crippen LogP contribution in [0.15, 0.2) is 42.0 Å². The SMILES string of the molecule is C/C(=C\Cc1ccccc1)CCCC(C)C[C@]1(C)C[C@@]2(C)OC(=O)C[C@@]2(O)OO1. The molecule has 5 heteroatoms. The minimum atomic E-state index is -1.69. The summed E-state index contributed by atoms with van der Waals surface area (Å²) in [6, 6.07) is 10.5. The molecule has 4 atom stereocenters. The fraction of sp³-hybridized carbons (Fsp3) is 0.625. The molecular weight excluding hydrogens is 368 g/mol. The lowest BCUT2D eigenvalue weighted by molar-refractivity contribution is -0.509. The largest absolute Gasteiger partial charge is 0.453 e. The minimum absolute atomic E-state index is 0.191. The van der Waals surface area contributed by atoms with Gasteiger partial charge in [0.1, 0.15) is 12.0 Å². The van der Waals surface area contributed by atoms with Crippen LogP contribution in [0.4, 0.5) is 0 Å². The second kappa shape index (κ2) is 8.58. The molecule has 0 amide bonds. The predicted octanol–water partition coefficient (Wildman–Crippen LogP) is 4.88. The summed E-state index contributed by atoms with van der Waals surface area (Å²) < 4.78 is 5.41. The van der Waals surface area contributed by atoms with E-state index in [1.54, 1.807) is 6.92 Å². The molecule has 5 nitrogen and oxygen atoms in total. The van der Waals surface area contributed by atoms with Crippen LogP contribution in [0.5, 0.6) is 0 Å². The van der Waals surface area contributed by atoms with Crippen LogP contribution in [0.25, 0.3) is 0 Å². The molecule has 1 aromatic rings. The Bertz CT molecular complexity index is 745. The van der Waals surface area contributed by atoms with Crippen LogP contribution in [-0.4, -0.2) is 28.1 Å². The van der Waals surface area contributed by atoms with Gasteiger partial charge in [-0.05, 0) is 57.9 Å². The number of allylic oxidation sites excluding steroid dienone is 2. The van der Waals surface area contributed by atoms with Crippen LogP contribution >= 0.6 is 0 Å². The number of hydrogen-bond acceptors (Lipinski definition) is 5. The fourth-order valence-corrected chi connectivity index (χ4v) is 4.64. The Morgan fingerprint density at radius 1 is 1.24 bits per heavy atom. The summed E-state index contributed by atoms with van der Waals surface area (Å²) in [4.78, 5) is 22.6. The highest BCUT2D eigenvalue weighted by atomic mass is 17.2. The van der Waals surface area contributed by atoms with E-state index in [1.165, 1.54) is 11.1 Å². The molecule has 2 saturated heterocycles. The smallest absolute Gasteiger partial charge is 0.312 e. The Hall–Kier alpha value is -1.69. The van der Waals surface area contributed by atoms with E-state index in [9.17, 15) is 9.90 Å². The van der Waals surface area contributed by atoms with E-state index in [4.69, 9.17) is 14.5 Å². The van der Waals surface area contributed by atoms with E-state index < -0.39 is 23.0 Å². The number of fused-ring (bicyclic) bond motifs is 1. The van der Waals surface area contributed by atoms with Crippen molar-refractivity contribution in [3.05, 3.63) is 47.5 Å². The number of esters is 1. The maximum absolute atomic E-state index is 11.7. The molecule has 160 valence electrons. The number of benzene rings is 1. The molecule has 0 bridgehead atoms. The monoisotopic (exact) mass is 402 g/mol. The number of ether oxygens (including phenoxy) is 1. The van der Waals surface area contributed by atoms with Crippen LogP contribution in [0, 0.1) is 5.92 Å². The molecule has 1 unspecified atom stereocenters. The van der Waals surface area contributed by atoms with E-state index in [0.717, 1.165) is 32.1 Å². The van der Waals surface area contributed by atoms with Crippen molar-refractivity contribution in [3.63, 3.8) is 0 Å². The maximum Gasteiger partial charge on any atom is 0.312 e. The lowest BCUT2D eigenvalue weighted by Crippen LogP contribution is -2.60. The highest BCUT2D eigenvalue weighted by Gasteiger charge is 2.65. The number of carbonyl (C=O) groups is 1. The highest BCUT2D eigenvalue weighted by Crippen LogP contribution is 2.49. The Labute approximate surface area is 174 Å². The fourth-order valence-electron chi connectivity index (χ4n) is 4.64. The third-order valence-electron chi connectivity index (χ3n) is 6.22. The number of carbonyl (C=O) groups excluding carboxylic acids is 1. The summed E-state index contributed by atoms with van der Waals surface area (Å²) >= 11 is 0. The van der Waals surface area contributed by atoms with Gasteiger partial charge in [0, 0.05) is 6.42 Å². The second-order valence-corrected chi connectivity index (χ2v) is 9.40. The van der Waals surface area contributed by atoms with Gasteiger partial charge in [-0.2, -0.15) is 4.89 Å². The summed E-state index contributed by atoms with van der Waals surface area (Å²) in [6.45, 7) is 8.10. The summed E-state index contributed by atoms with van der Waals surface area (Å²) in [7, 11) is 0. The van der Waals surface area contributed by atoms with Crippen molar-refractivity contribution in [3.8, 4) is 0 Å². The highest BCUT2D eigenvalue weighted by molar-refractivity contribution is 5.74. The van der Waals surface area contributed by atoms with E-state index in [0.29, 0.717) is 12.3 Å². The van der Waals surface area contributed by atoms with Gasteiger partial charge in [-0.25, -0.2) is 4.89 Å². The van der Waals surface area contributed by atoms with Gasteiger partial charge in [0.15, 0.2) is 5.60 Å². The van der Waals surface area contributed by atoms with Crippen molar-refractivity contribution in [2.75, 3.05) is 0 Å². The zero-order chi connectivity index (χ0) is 21.1. The standard InChI is InChI=1S/C24H34O5/c1-18(13-14-20-11-6-5-7-12-20)9-8-10-19(2)15-22(3)17-23(4)24(26,29-28-22)16-21(25)27-23/h5-7,11-13,19,26H,8-10,14-17H2,1-4H3/b18-13+/t19?,22-,23-,24-/m1/s1. The zero-order valence-corrected chi connectivity index (χ0v) is 18.1. The zero-order valence-electron chi connectivity index (χ0n) is 18.1. The summed E-state index contributed by atoms with van der Waals surface area (Å²) in [6.07, 6.45) is 7.58. The van der Waals surface area contributed by atoms with Gasteiger partial charge in [-0.15, -0.1) is 0 Å². The predicted molar refractivity (Wildman–Crippen MR) is 111 cm³/mol. The number of rotatable bonds is 8. The second-order valence-electron chi connectivity index (χ2n) is 9.40. The molecule has 2 aliphatic rings. The molecule has 2 heterocycles. The van der Waals surface area contributed by atoms with Crippen LogP contribution in [0.3, 0.4) is 0 Å². The first-order valence-electron chi connectivity index (χ1n) is 10.6. The van der Waals surface area contributed by atoms with Crippen molar-refractivity contribution >= 4 is 5.97 Å². The molecule has 0 aliphatic carbocycles. The van der Waals surface area contributed by atoms with Gasteiger partial charge in [0.05, 0.1) is 0 Å². The van der Waals surface area contributed by atoms with Crippen molar-refractivity contribution in [2.24, 2.45) is 5.92 Å². The minimum Gasteiger partial charge on any atom is -0.453 e. The van der Waals surface area contributed by atoms with Crippen LogP contribution < -0.4 is 0 Å². The van der Waals surface area contributed by atoms with Gasteiger partial charge in [-0.1, -0.05) is 55.3 Å². The molecular formula is C24H34O5. The molecule has 0 radical (unpaired) electrons. The average molecular weight is 403 g/mol. The molecule has 3 rings (SSSR count). The van der Waals surface area contributed by atoms with Crippen molar-refractivity contribution in [1.82, 2.24) is 0 Å². The first kappa shape index (κ1) is 22.0. The Morgan fingerprint density at radius 2 is 1.97 bits per heavy atom. The third-order valence-corrected chi connectivity index (χ3v) is 6.22. The Morgan fingerprint density at radius 3 is 2.69 bits per heavy atom. The first-order chi connectivity index (χ1) is 13.6. The van der Waals surface area contributed by atoms with Gasteiger partial charge in [0.25, 0.3) is 0 Å². The van der Waals surface area contributed by atoms with E-state index in [1.807, 2.05) is 13.0 Å². The van der Waals surface area contributed by atoms with Gasteiger partial charge >= 0.3 is 5.97 Å². The lowest BCUT2D eigenvalue weighted by atomic mass is 9.78. The van der Waals surface area contributed by atoms with E-state index in [2.05, 4.69) is 44.2 Å². The van der Waals surface area contributed by atoms with Gasteiger partial charge in [0.2, 0.25) is 5.79 Å². The molecule has 0 saturated carbocycles. The molecule has 29 heavy (non-hydrogen) atoms. The first-order valence-corrected chi connectivity index (χ1v) is 10.6. The lowest BCUT2D eigenvalue weighted by Gasteiger charge is -2.47. The van der Waals surface area contributed by atoms with Gasteiger partial charge < -0.3 is 9.84 Å². The molecule has 0 aromatic heterocycles. The van der Waals surface area contributed by atoms with Crippen LogP contribution in [0.1, 0.15) is 71.8 Å². The van der Waals surface area contributed by atoms with Crippen molar-refractivity contribution in [1.29, 1.82) is 0 Å². The van der Waals surface area contributed by atoms with Crippen molar-refractivity contribution < 1.29 is 24.4 Å². The van der Waals surface area contributed by atoms with E-state index >= 15 is 0 Å². The normalized spacial score (nSPS) is 33.3. The summed E-state index contributed by atoms with van der Waals surface area (Å²) in [5, 5.41) is 10.5. The molecule has 1 N–H and O–H groups in total. The van der Waals surface area contributed by atoms with Crippen LogP contribution in [0.2, 0.25) is 0 Å². The maximum atomic E-state index is 11.7. The van der Waals surface area contributed by atoms with Gasteiger partial charge in [-0.3, -0.25) is 4.79 Å². The molecule has 0 spiro atoms. The molecule has 1 aromatic carbocycles. The Kier molecular flexibility index (Phi) is 6.51. The average Bonchev–Trinajstić information content (AvgIpc) is 2.88. The van der Waals surface area contributed by atoms with Crippen LogP contribution in [-0.2, 0) is 25.7 Å². The Balaban J connectivity index is 1.44. The third kappa shape index (κ3) is 5.27. The molecule has 2 fully saturated rings. The summed E-state index contributed by atoms with van der Waals surface area (Å²) in [5.41, 5.74) is 1.10. The topological polar surface area (TPSA) is 65.0 Å². The number of aliphatic hydroxyl groups is 1. The number of hydrogen-bond donors (Lipinski definition) is 1. The molecule has 2 aliphatic heterocycles. The van der Waals surface area contributed by atoms with E-state index in [-0.39, 0.29) is 6.42 Å². The summed E-state index contributed by atoms with van der Waals surface area (Å²) in [5.74, 6) is -1.71.